The third-order valence-corrected chi connectivity index (χ3v) is 5.57. The molecular weight excluding hydrogens is 318 g/mol. The standard InChI is InChI=1S/C16H18BrNS/c1-11-8-14-15(19-11)9-18(3)10-16(14,2)12-4-6-13(17)7-5-12/h4-8H,9-10H2,1-3H3. The third kappa shape index (κ3) is 2.28. The molecule has 1 aromatic heterocycles. The van der Waals surface area contributed by atoms with E-state index >= 15 is 0 Å². The van der Waals surface area contributed by atoms with E-state index in [-0.39, 0.29) is 5.41 Å². The minimum absolute atomic E-state index is 0.105. The van der Waals surface area contributed by atoms with Gasteiger partial charge < -0.3 is 4.90 Å². The fourth-order valence-electron chi connectivity index (χ4n) is 3.14. The summed E-state index contributed by atoms with van der Waals surface area (Å²) in [5, 5.41) is 0. The van der Waals surface area contributed by atoms with Crippen LogP contribution in [0.4, 0.5) is 0 Å². The molecule has 3 rings (SSSR count). The Kier molecular flexibility index (Phi) is 3.32. The van der Waals surface area contributed by atoms with Crippen LogP contribution < -0.4 is 0 Å². The summed E-state index contributed by atoms with van der Waals surface area (Å²) < 4.78 is 1.14. The summed E-state index contributed by atoms with van der Waals surface area (Å²) in [6.07, 6.45) is 0. The Hall–Kier alpha value is -0.640. The summed E-state index contributed by atoms with van der Waals surface area (Å²) in [6.45, 7) is 6.75. The van der Waals surface area contributed by atoms with Crippen LogP contribution in [0.2, 0.25) is 0 Å². The van der Waals surface area contributed by atoms with Crippen LogP contribution in [0.5, 0.6) is 0 Å². The highest BCUT2D eigenvalue weighted by molar-refractivity contribution is 9.10. The fourth-order valence-corrected chi connectivity index (χ4v) is 4.65. The van der Waals surface area contributed by atoms with Crippen LogP contribution in [-0.2, 0) is 12.0 Å². The molecule has 1 unspecified atom stereocenters. The fraction of sp³-hybridized carbons (Fsp3) is 0.375. The van der Waals surface area contributed by atoms with E-state index in [1.165, 1.54) is 20.9 Å². The summed E-state index contributed by atoms with van der Waals surface area (Å²) in [4.78, 5) is 5.38. The summed E-state index contributed by atoms with van der Waals surface area (Å²) in [5.74, 6) is 0. The molecule has 1 atom stereocenters. The van der Waals surface area contributed by atoms with E-state index in [0.717, 1.165) is 17.6 Å². The SMILES string of the molecule is Cc1cc2c(s1)CN(C)CC2(C)c1ccc(Br)cc1. The first-order chi connectivity index (χ1) is 8.99. The molecule has 1 aromatic carbocycles. The van der Waals surface area contributed by atoms with Gasteiger partial charge in [-0.1, -0.05) is 35.0 Å². The molecule has 0 saturated carbocycles. The molecule has 1 nitrogen and oxygen atoms in total. The smallest absolute Gasteiger partial charge is 0.0328 e. The average molecular weight is 336 g/mol. The highest BCUT2D eigenvalue weighted by Gasteiger charge is 2.37. The summed E-state index contributed by atoms with van der Waals surface area (Å²) >= 11 is 5.47. The topological polar surface area (TPSA) is 3.24 Å². The van der Waals surface area contributed by atoms with Gasteiger partial charge in [0.2, 0.25) is 0 Å². The number of hydrogen-bond acceptors (Lipinski definition) is 2. The zero-order valence-corrected chi connectivity index (χ0v) is 13.9. The van der Waals surface area contributed by atoms with Crippen molar-refractivity contribution in [2.75, 3.05) is 13.6 Å². The Morgan fingerprint density at radius 2 is 1.95 bits per heavy atom. The third-order valence-electron chi connectivity index (χ3n) is 4.01. The lowest BCUT2D eigenvalue weighted by atomic mass is 9.74. The number of benzene rings is 1. The van der Waals surface area contributed by atoms with Crippen LogP contribution in [0.3, 0.4) is 0 Å². The van der Waals surface area contributed by atoms with Gasteiger partial charge in [0, 0.05) is 32.7 Å². The summed E-state index contributed by atoms with van der Waals surface area (Å²) in [6, 6.07) is 11.2. The predicted octanol–water partition coefficient (Wildman–Crippen LogP) is 4.57. The van der Waals surface area contributed by atoms with Gasteiger partial charge in [-0.25, -0.2) is 0 Å². The lowest BCUT2D eigenvalue weighted by Crippen LogP contribution is -2.41. The molecule has 100 valence electrons. The van der Waals surface area contributed by atoms with E-state index in [2.05, 4.69) is 72.1 Å². The van der Waals surface area contributed by atoms with Gasteiger partial charge in [0.25, 0.3) is 0 Å². The van der Waals surface area contributed by atoms with E-state index in [0.29, 0.717) is 0 Å². The highest BCUT2D eigenvalue weighted by Crippen LogP contribution is 2.42. The van der Waals surface area contributed by atoms with Crippen LogP contribution in [-0.4, -0.2) is 18.5 Å². The van der Waals surface area contributed by atoms with Crippen molar-refractivity contribution in [1.29, 1.82) is 0 Å². The van der Waals surface area contributed by atoms with Crippen LogP contribution in [0.25, 0.3) is 0 Å². The van der Waals surface area contributed by atoms with Crippen molar-refractivity contribution in [3.63, 3.8) is 0 Å². The highest BCUT2D eigenvalue weighted by atomic mass is 79.9. The van der Waals surface area contributed by atoms with Crippen molar-refractivity contribution in [3.05, 3.63) is 55.7 Å². The lowest BCUT2D eigenvalue weighted by Gasteiger charge is -2.39. The number of nitrogens with zero attached hydrogens (tertiary/aromatic N) is 1. The van der Waals surface area contributed by atoms with Crippen molar-refractivity contribution < 1.29 is 0 Å². The Balaban J connectivity index is 2.14. The molecule has 0 spiro atoms. The monoisotopic (exact) mass is 335 g/mol. The maximum Gasteiger partial charge on any atom is 0.0328 e. The minimum atomic E-state index is 0.105. The molecule has 0 radical (unpaired) electrons. The first-order valence-electron chi connectivity index (χ1n) is 6.53. The zero-order chi connectivity index (χ0) is 13.6. The lowest BCUT2D eigenvalue weighted by molar-refractivity contribution is 0.252. The molecule has 19 heavy (non-hydrogen) atoms. The molecule has 2 heterocycles. The number of likely N-dealkylation sites (N-methyl/N-ethyl adjacent to an activating group) is 1. The van der Waals surface area contributed by atoms with Crippen molar-refractivity contribution in [2.45, 2.75) is 25.8 Å². The second kappa shape index (κ2) is 4.72. The van der Waals surface area contributed by atoms with Gasteiger partial charge in [-0.2, -0.15) is 0 Å². The van der Waals surface area contributed by atoms with E-state index in [4.69, 9.17) is 0 Å². The van der Waals surface area contributed by atoms with Gasteiger partial charge in [-0.3, -0.25) is 0 Å². The Bertz CT molecular complexity index is 602. The molecule has 0 saturated heterocycles. The second-order valence-corrected chi connectivity index (χ2v) is 7.96. The van der Waals surface area contributed by atoms with Gasteiger partial charge in [-0.15, -0.1) is 11.3 Å². The number of hydrogen-bond donors (Lipinski definition) is 0. The normalized spacial score (nSPS) is 23.4. The molecule has 0 fully saturated rings. The van der Waals surface area contributed by atoms with Crippen LogP contribution >= 0.6 is 27.3 Å². The predicted molar refractivity (Wildman–Crippen MR) is 86.0 cm³/mol. The molecule has 2 aromatic rings. The molecule has 0 amide bonds. The first-order valence-corrected chi connectivity index (χ1v) is 8.14. The van der Waals surface area contributed by atoms with E-state index in [1.807, 2.05) is 11.3 Å². The average Bonchev–Trinajstić information content (AvgIpc) is 2.71. The molecule has 3 heteroatoms. The number of fused-ring (bicyclic) bond motifs is 1. The number of aryl methyl sites for hydroxylation is 1. The molecular formula is C16H18BrNS. The maximum atomic E-state index is 3.53. The molecule has 0 aliphatic carbocycles. The largest absolute Gasteiger partial charge is 0.300 e. The van der Waals surface area contributed by atoms with Gasteiger partial charge in [0.15, 0.2) is 0 Å². The van der Waals surface area contributed by atoms with E-state index < -0.39 is 0 Å². The van der Waals surface area contributed by atoms with Crippen molar-refractivity contribution >= 4 is 27.3 Å². The molecule has 1 aliphatic rings. The Morgan fingerprint density at radius 3 is 2.63 bits per heavy atom. The molecule has 1 aliphatic heterocycles. The first kappa shape index (κ1) is 13.3. The van der Waals surface area contributed by atoms with Crippen molar-refractivity contribution in [3.8, 4) is 0 Å². The van der Waals surface area contributed by atoms with Crippen LogP contribution in [0.15, 0.2) is 34.8 Å². The molecule has 0 bridgehead atoms. The van der Waals surface area contributed by atoms with Gasteiger partial charge in [0.05, 0.1) is 0 Å². The quantitative estimate of drug-likeness (QED) is 0.737. The number of thiophene rings is 1. The minimum Gasteiger partial charge on any atom is -0.300 e. The number of halogens is 1. The van der Waals surface area contributed by atoms with Crippen molar-refractivity contribution in [1.82, 2.24) is 4.90 Å². The molecule has 0 N–H and O–H groups in total. The zero-order valence-electron chi connectivity index (χ0n) is 11.5. The van der Waals surface area contributed by atoms with E-state index in [1.54, 1.807) is 0 Å². The summed E-state index contributed by atoms with van der Waals surface area (Å²) in [7, 11) is 2.22. The number of rotatable bonds is 1. The van der Waals surface area contributed by atoms with Gasteiger partial charge >= 0.3 is 0 Å². The second-order valence-electron chi connectivity index (χ2n) is 5.71. The van der Waals surface area contributed by atoms with Crippen LogP contribution in [0.1, 0.15) is 27.8 Å². The van der Waals surface area contributed by atoms with Crippen molar-refractivity contribution in [2.24, 2.45) is 0 Å². The maximum absolute atomic E-state index is 3.53. The van der Waals surface area contributed by atoms with Gasteiger partial charge in [0.1, 0.15) is 0 Å². The Morgan fingerprint density at radius 1 is 1.26 bits per heavy atom. The summed E-state index contributed by atoms with van der Waals surface area (Å²) in [5.41, 5.74) is 3.03. The van der Waals surface area contributed by atoms with Crippen LogP contribution in [0, 0.1) is 6.92 Å². The van der Waals surface area contributed by atoms with E-state index in [9.17, 15) is 0 Å². The van der Waals surface area contributed by atoms with Gasteiger partial charge in [-0.05, 0) is 43.3 Å². The Labute approximate surface area is 127 Å².